The monoisotopic (exact) mass is 332 g/mol. The standard InChI is InChI=1S/C12H17IN2O/c1-3-12(14,4-2)11(16)15-10-7-5-6-9(13)8-10/h5-8H,3-4,14H2,1-2H3,(H,15,16). The molecule has 3 N–H and O–H groups in total. The van der Waals surface area contributed by atoms with Crippen LogP contribution in [0.25, 0.3) is 0 Å². The zero-order chi connectivity index (χ0) is 12.2. The maximum atomic E-state index is 12.0. The van der Waals surface area contributed by atoms with Crippen LogP contribution in [0.15, 0.2) is 24.3 Å². The van der Waals surface area contributed by atoms with Crippen LogP contribution in [0.2, 0.25) is 0 Å². The Balaban J connectivity index is 2.78. The van der Waals surface area contributed by atoms with E-state index in [-0.39, 0.29) is 5.91 Å². The molecule has 0 aliphatic carbocycles. The van der Waals surface area contributed by atoms with Crippen LogP contribution < -0.4 is 11.1 Å². The minimum Gasteiger partial charge on any atom is -0.324 e. The normalized spacial score (nSPS) is 11.2. The predicted molar refractivity (Wildman–Crippen MR) is 75.3 cm³/mol. The molecular formula is C12H17IN2O. The highest BCUT2D eigenvalue weighted by atomic mass is 127. The van der Waals surface area contributed by atoms with Gasteiger partial charge in [0.15, 0.2) is 0 Å². The first kappa shape index (κ1) is 13.4. The van der Waals surface area contributed by atoms with E-state index in [2.05, 4.69) is 27.9 Å². The van der Waals surface area contributed by atoms with Crippen LogP contribution in [0.5, 0.6) is 0 Å². The number of benzene rings is 1. The number of carbonyl (C=O) groups excluding carboxylic acids is 1. The average Bonchev–Trinajstić information content (AvgIpc) is 2.28. The molecule has 0 aliphatic rings. The molecule has 0 saturated carbocycles. The Kier molecular flexibility index (Phi) is 4.73. The molecule has 0 unspecified atom stereocenters. The van der Waals surface area contributed by atoms with Crippen LogP contribution in [-0.4, -0.2) is 11.4 Å². The van der Waals surface area contributed by atoms with Gasteiger partial charge < -0.3 is 11.1 Å². The molecule has 0 saturated heterocycles. The summed E-state index contributed by atoms with van der Waals surface area (Å²) in [6, 6.07) is 7.68. The van der Waals surface area contributed by atoms with Gasteiger partial charge in [-0.2, -0.15) is 0 Å². The summed E-state index contributed by atoms with van der Waals surface area (Å²) < 4.78 is 1.09. The smallest absolute Gasteiger partial charge is 0.244 e. The van der Waals surface area contributed by atoms with Gasteiger partial charge >= 0.3 is 0 Å². The Morgan fingerprint density at radius 1 is 1.44 bits per heavy atom. The van der Waals surface area contributed by atoms with Crippen molar-refractivity contribution >= 4 is 34.2 Å². The van der Waals surface area contributed by atoms with Gasteiger partial charge in [0.1, 0.15) is 0 Å². The van der Waals surface area contributed by atoms with Crippen molar-refractivity contribution in [3.05, 3.63) is 27.8 Å². The molecule has 16 heavy (non-hydrogen) atoms. The summed E-state index contributed by atoms with van der Waals surface area (Å²) in [6.07, 6.45) is 1.28. The van der Waals surface area contributed by atoms with Crippen molar-refractivity contribution < 1.29 is 4.79 Å². The van der Waals surface area contributed by atoms with E-state index in [1.54, 1.807) is 0 Å². The first-order valence-electron chi connectivity index (χ1n) is 5.37. The third-order valence-corrected chi connectivity index (χ3v) is 3.47. The zero-order valence-corrected chi connectivity index (χ0v) is 11.7. The molecule has 88 valence electrons. The van der Waals surface area contributed by atoms with Crippen molar-refractivity contribution in [1.82, 2.24) is 0 Å². The molecule has 0 aromatic heterocycles. The summed E-state index contributed by atoms with van der Waals surface area (Å²) in [6.45, 7) is 3.86. The molecule has 0 atom stereocenters. The van der Waals surface area contributed by atoms with Gasteiger partial charge in [0, 0.05) is 9.26 Å². The number of amides is 1. The summed E-state index contributed by atoms with van der Waals surface area (Å²) in [7, 11) is 0. The second-order valence-corrected chi connectivity index (χ2v) is 5.07. The van der Waals surface area contributed by atoms with E-state index in [1.807, 2.05) is 38.1 Å². The molecule has 1 aromatic rings. The Morgan fingerprint density at radius 3 is 2.56 bits per heavy atom. The lowest BCUT2D eigenvalue weighted by atomic mass is 9.93. The largest absolute Gasteiger partial charge is 0.324 e. The molecular weight excluding hydrogens is 315 g/mol. The molecule has 0 fully saturated rings. The van der Waals surface area contributed by atoms with E-state index in [0.29, 0.717) is 12.8 Å². The van der Waals surface area contributed by atoms with Crippen LogP contribution in [0.1, 0.15) is 26.7 Å². The molecule has 3 nitrogen and oxygen atoms in total. The number of carbonyl (C=O) groups is 1. The summed E-state index contributed by atoms with van der Waals surface area (Å²) >= 11 is 2.21. The van der Waals surface area contributed by atoms with Crippen LogP contribution in [-0.2, 0) is 4.79 Å². The van der Waals surface area contributed by atoms with E-state index >= 15 is 0 Å². The number of nitrogens with two attached hydrogens (primary N) is 1. The Labute approximate surface area is 110 Å². The molecule has 0 bridgehead atoms. The molecule has 1 rings (SSSR count). The fraction of sp³-hybridized carbons (Fsp3) is 0.417. The van der Waals surface area contributed by atoms with Crippen molar-refractivity contribution in [2.24, 2.45) is 5.73 Å². The SMILES string of the molecule is CCC(N)(CC)C(=O)Nc1cccc(I)c1. The first-order chi connectivity index (χ1) is 7.51. The van der Waals surface area contributed by atoms with Crippen LogP contribution in [0, 0.1) is 3.57 Å². The quantitative estimate of drug-likeness (QED) is 0.833. The molecule has 1 aromatic carbocycles. The van der Waals surface area contributed by atoms with Gasteiger partial charge in [-0.15, -0.1) is 0 Å². The van der Waals surface area contributed by atoms with Crippen molar-refractivity contribution in [2.75, 3.05) is 5.32 Å². The number of halogens is 1. The van der Waals surface area contributed by atoms with Crippen molar-refractivity contribution in [2.45, 2.75) is 32.2 Å². The lowest BCUT2D eigenvalue weighted by molar-refractivity contribution is -0.121. The van der Waals surface area contributed by atoms with Crippen LogP contribution in [0.4, 0.5) is 5.69 Å². The van der Waals surface area contributed by atoms with Crippen molar-refractivity contribution in [1.29, 1.82) is 0 Å². The van der Waals surface area contributed by atoms with Crippen molar-refractivity contribution in [3.8, 4) is 0 Å². The summed E-state index contributed by atoms with van der Waals surface area (Å²) in [5.74, 6) is -0.112. The molecule has 1 amide bonds. The van der Waals surface area contributed by atoms with Gasteiger partial charge in [-0.05, 0) is 53.6 Å². The number of anilines is 1. The molecule has 0 aliphatic heterocycles. The van der Waals surface area contributed by atoms with Crippen molar-refractivity contribution in [3.63, 3.8) is 0 Å². The minimum absolute atomic E-state index is 0.112. The van der Waals surface area contributed by atoms with E-state index in [9.17, 15) is 4.79 Å². The molecule has 0 heterocycles. The topological polar surface area (TPSA) is 55.1 Å². The lowest BCUT2D eigenvalue weighted by Gasteiger charge is -2.25. The van der Waals surface area contributed by atoms with Gasteiger partial charge in [0.05, 0.1) is 5.54 Å². The van der Waals surface area contributed by atoms with Crippen LogP contribution >= 0.6 is 22.6 Å². The highest BCUT2D eigenvalue weighted by molar-refractivity contribution is 14.1. The highest BCUT2D eigenvalue weighted by Crippen LogP contribution is 2.17. The first-order valence-corrected chi connectivity index (χ1v) is 6.45. The fourth-order valence-electron chi connectivity index (χ4n) is 1.39. The lowest BCUT2D eigenvalue weighted by Crippen LogP contribution is -2.50. The maximum absolute atomic E-state index is 12.0. The van der Waals surface area contributed by atoms with Gasteiger partial charge in [-0.3, -0.25) is 4.79 Å². The van der Waals surface area contributed by atoms with Gasteiger partial charge in [0.2, 0.25) is 5.91 Å². The van der Waals surface area contributed by atoms with Gasteiger partial charge in [0.25, 0.3) is 0 Å². The second-order valence-electron chi connectivity index (χ2n) is 3.83. The fourth-order valence-corrected chi connectivity index (χ4v) is 1.94. The second kappa shape index (κ2) is 5.63. The third kappa shape index (κ3) is 3.18. The zero-order valence-electron chi connectivity index (χ0n) is 9.59. The predicted octanol–water partition coefficient (Wildman–Crippen LogP) is 2.75. The number of rotatable bonds is 4. The number of hydrogen-bond donors (Lipinski definition) is 2. The van der Waals surface area contributed by atoms with Gasteiger partial charge in [-0.25, -0.2) is 0 Å². The molecule has 0 spiro atoms. The Hall–Kier alpha value is -0.620. The number of hydrogen-bond acceptors (Lipinski definition) is 2. The summed E-state index contributed by atoms with van der Waals surface area (Å²) in [4.78, 5) is 12.0. The van der Waals surface area contributed by atoms with E-state index in [4.69, 9.17) is 5.73 Å². The third-order valence-electron chi connectivity index (χ3n) is 2.80. The maximum Gasteiger partial charge on any atom is 0.244 e. The summed E-state index contributed by atoms with van der Waals surface area (Å²) in [5.41, 5.74) is 6.05. The van der Waals surface area contributed by atoms with E-state index < -0.39 is 5.54 Å². The molecule has 4 heteroatoms. The number of nitrogens with one attached hydrogen (secondary N) is 1. The van der Waals surface area contributed by atoms with E-state index in [0.717, 1.165) is 9.26 Å². The summed E-state index contributed by atoms with van der Waals surface area (Å²) in [5, 5.41) is 2.86. The minimum atomic E-state index is -0.763. The Bertz CT molecular complexity index is 375. The van der Waals surface area contributed by atoms with E-state index in [1.165, 1.54) is 0 Å². The molecule has 0 radical (unpaired) electrons. The Morgan fingerprint density at radius 2 is 2.06 bits per heavy atom. The van der Waals surface area contributed by atoms with Crippen LogP contribution in [0.3, 0.4) is 0 Å². The highest BCUT2D eigenvalue weighted by Gasteiger charge is 2.29. The average molecular weight is 332 g/mol. The van der Waals surface area contributed by atoms with Gasteiger partial charge in [-0.1, -0.05) is 19.9 Å².